The van der Waals surface area contributed by atoms with E-state index in [9.17, 15) is 4.79 Å². The second-order valence-electron chi connectivity index (χ2n) is 3.64. The standard InChI is InChI=1S/C14H14Cl2O2/c1-3-18-14(17)8-10(2)4-5-11-6-7-12(15)9-13(11)16/h4-9H,3H2,1-2H3/b5-4+,10-8+. The Balaban J connectivity index is 2.77. The Bertz CT molecular complexity index is 491. The third kappa shape index (κ3) is 4.94. The Hall–Kier alpha value is -1.25. The van der Waals surface area contributed by atoms with E-state index >= 15 is 0 Å². The third-order valence-corrected chi connectivity index (χ3v) is 2.68. The molecule has 0 atom stereocenters. The van der Waals surface area contributed by atoms with Gasteiger partial charge in [-0.25, -0.2) is 4.79 Å². The van der Waals surface area contributed by atoms with Gasteiger partial charge in [-0.15, -0.1) is 0 Å². The van der Waals surface area contributed by atoms with Gasteiger partial charge in [0.25, 0.3) is 0 Å². The summed E-state index contributed by atoms with van der Waals surface area (Å²) in [5.74, 6) is -0.346. The van der Waals surface area contributed by atoms with Crippen molar-refractivity contribution in [2.45, 2.75) is 13.8 Å². The minimum absolute atomic E-state index is 0.346. The first-order chi connectivity index (χ1) is 8.52. The summed E-state index contributed by atoms with van der Waals surface area (Å²) in [6.45, 7) is 3.96. The van der Waals surface area contributed by atoms with Gasteiger partial charge in [-0.2, -0.15) is 0 Å². The lowest BCUT2D eigenvalue weighted by molar-refractivity contribution is -0.137. The molecule has 1 aromatic rings. The number of hydrogen-bond donors (Lipinski definition) is 0. The van der Waals surface area contributed by atoms with Gasteiger partial charge in [0.15, 0.2) is 0 Å². The van der Waals surface area contributed by atoms with Gasteiger partial charge in [0.2, 0.25) is 0 Å². The van der Waals surface area contributed by atoms with Gasteiger partial charge in [0.1, 0.15) is 0 Å². The molecule has 0 unspecified atom stereocenters. The molecule has 0 amide bonds. The third-order valence-electron chi connectivity index (χ3n) is 2.12. The van der Waals surface area contributed by atoms with Crippen LogP contribution in [0.3, 0.4) is 0 Å². The highest BCUT2D eigenvalue weighted by atomic mass is 35.5. The molecular formula is C14H14Cl2O2. The summed E-state index contributed by atoms with van der Waals surface area (Å²) < 4.78 is 4.81. The number of esters is 1. The maximum Gasteiger partial charge on any atom is 0.330 e. The lowest BCUT2D eigenvalue weighted by Gasteiger charge is -1.99. The summed E-state index contributed by atoms with van der Waals surface area (Å²) in [5.41, 5.74) is 1.64. The van der Waals surface area contributed by atoms with Crippen molar-refractivity contribution >= 4 is 35.2 Å². The molecule has 18 heavy (non-hydrogen) atoms. The first-order valence-electron chi connectivity index (χ1n) is 5.51. The molecule has 2 nitrogen and oxygen atoms in total. The molecule has 0 heterocycles. The number of halogens is 2. The normalized spacial score (nSPS) is 11.9. The minimum Gasteiger partial charge on any atom is -0.463 e. The number of carbonyl (C=O) groups excluding carboxylic acids is 1. The van der Waals surface area contributed by atoms with Crippen molar-refractivity contribution in [3.8, 4) is 0 Å². The average Bonchev–Trinajstić information content (AvgIpc) is 2.28. The summed E-state index contributed by atoms with van der Waals surface area (Å²) in [6, 6.07) is 5.25. The molecule has 0 aliphatic carbocycles. The summed E-state index contributed by atoms with van der Waals surface area (Å²) in [4.78, 5) is 11.2. The van der Waals surface area contributed by atoms with E-state index in [0.29, 0.717) is 16.7 Å². The Labute approximate surface area is 117 Å². The SMILES string of the molecule is CCOC(=O)/C=C(C)/C=C/c1ccc(Cl)cc1Cl. The largest absolute Gasteiger partial charge is 0.463 e. The predicted octanol–water partition coefficient (Wildman–Crippen LogP) is 4.52. The number of hydrogen-bond acceptors (Lipinski definition) is 2. The molecule has 96 valence electrons. The van der Waals surface area contributed by atoms with E-state index in [2.05, 4.69) is 0 Å². The first-order valence-corrected chi connectivity index (χ1v) is 6.26. The van der Waals surface area contributed by atoms with Gasteiger partial charge in [-0.05, 0) is 37.1 Å². The minimum atomic E-state index is -0.346. The predicted molar refractivity (Wildman–Crippen MR) is 75.9 cm³/mol. The van der Waals surface area contributed by atoms with E-state index in [1.54, 1.807) is 25.1 Å². The molecule has 0 radical (unpaired) electrons. The Morgan fingerprint density at radius 1 is 1.39 bits per heavy atom. The van der Waals surface area contributed by atoms with E-state index in [-0.39, 0.29) is 5.97 Å². The van der Waals surface area contributed by atoms with Gasteiger partial charge in [-0.1, -0.05) is 41.4 Å². The Kier molecular flexibility index (Phi) is 5.96. The van der Waals surface area contributed by atoms with E-state index < -0.39 is 0 Å². The van der Waals surface area contributed by atoms with Crippen molar-refractivity contribution in [1.29, 1.82) is 0 Å². The number of rotatable bonds is 4. The molecule has 0 aliphatic heterocycles. The van der Waals surface area contributed by atoms with Crippen molar-refractivity contribution < 1.29 is 9.53 Å². The topological polar surface area (TPSA) is 26.3 Å². The molecule has 1 rings (SSSR count). The Morgan fingerprint density at radius 2 is 2.11 bits per heavy atom. The second kappa shape index (κ2) is 7.24. The fourth-order valence-electron chi connectivity index (χ4n) is 1.28. The van der Waals surface area contributed by atoms with Gasteiger partial charge >= 0.3 is 5.97 Å². The van der Waals surface area contributed by atoms with Crippen molar-refractivity contribution in [2.24, 2.45) is 0 Å². The lowest BCUT2D eigenvalue weighted by atomic mass is 10.1. The molecule has 0 spiro atoms. The zero-order valence-corrected chi connectivity index (χ0v) is 11.8. The van der Waals surface area contributed by atoms with Crippen LogP contribution in [0.1, 0.15) is 19.4 Å². The maximum atomic E-state index is 11.2. The fraction of sp³-hybridized carbons (Fsp3) is 0.214. The second-order valence-corrected chi connectivity index (χ2v) is 4.48. The lowest BCUT2D eigenvalue weighted by Crippen LogP contribution is -1.99. The van der Waals surface area contributed by atoms with Crippen molar-refractivity contribution in [2.75, 3.05) is 6.61 Å². The van der Waals surface area contributed by atoms with Crippen LogP contribution in [0, 0.1) is 0 Å². The van der Waals surface area contributed by atoms with Crippen LogP contribution in [0.4, 0.5) is 0 Å². The van der Waals surface area contributed by atoms with Crippen molar-refractivity contribution in [3.05, 3.63) is 51.5 Å². The van der Waals surface area contributed by atoms with Crippen LogP contribution in [0.15, 0.2) is 35.9 Å². The molecular weight excluding hydrogens is 271 g/mol. The van der Waals surface area contributed by atoms with Gasteiger partial charge < -0.3 is 4.74 Å². The van der Waals surface area contributed by atoms with E-state index in [0.717, 1.165) is 11.1 Å². The van der Waals surface area contributed by atoms with E-state index in [4.69, 9.17) is 27.9 Å². The molecule has 0 fully saturated rings. The fourth-order valence-corrected chi connectivity index (χ4v) is 1.75. The molecule has 0 aliphatic rings. The van der Waals surface area contributed by atoms with Crippen LogP contribution in [0.5, 0.6) is 0 Å². The van der Waals surface area contributed by atoms with Crippen LogP contribution in [-0.4, -0.2) is 12.6 Å². The maximum absolute atomic E-state index is 11.2. The molecule has 4 heteroatoms. The molecule has 0 bridgehead atoms. The average molecular weight is 285 g/mol. The van der Waals surface area contributed by atoms with Crippen LogP contribution in [0.2, 0.25) is 10.0 Å². The van der Waals surface area contributed by atoms with Crippen LogP contribution in [0.25, 0.3) is 6.08 Å². The number of allylic oxidation sites excluding steroid dienone is 2. The van der Waals surface area contributed by atoms with Crippen molar-refractivity contribution in [3.63, 3.8) is 0 Å². The van der Waals surface area contributed by atoms with Gasteiger partial charge in [0.05, 0.1) is 6.61 Å². The Morgan fingerprint density at radius 3 is 2.72 bits per heavy atom. The van der Waals surface area contributed by atoms with Gasteiger partial charge in [0, 0.05) is 16.1 Å². The van der Waals surface area contributed by atoms with Crippen LogP contribution in [-0.2, 0) is 9.53 Å². The van der Waals surface area contributed by atoms with Crippen molar-refractivity contribution in [1.82, 2.24) is 0 Å². The highest BCUT2D eigenvalue weighted by molar-refractivity contribution is 6.35. The highest BCUT2D eigenvalue weighted by Crippen LogP contribution is 2.22. The highest BCUT2D eigenvalue weighted by Gasteiger charge is 1.98. The first kappa shape index (κ1) is 14.8. The van der Waals surface area contributed by atoms with E-state index in [1.165, 1.54) is 6.08 Å². The summed E-state index contributed by atoms with van der Waals surface area (Å²) in [5, 5.41) is 1.17. The zero-order valence-electron chi connectivity index (χ0n) is 10.2. The number of ether oxygens (including phenoxy) is 1. The van der Waals surface area contributed by atoms with E-state index in [1.807, 2.05) is 19.1 Å². The summed E-state index contributed by atoms with van der Waals surface area (Å²) in [7, 11) is 0. The molecule has 0 saturated heterocycles. The molecule has 0 aromatic heterocycles. The summed E-state index contributed by atoms with van der Waals surface area (Å²) >= 11 is 11.8. The molecule has 1 aromatic carbocycles. The summed E-state index contributed by atoms with van der Waals surface area (Å²) in [6.07, 6.45) is 5.06. The van der Waals surface area contributed by atoms with Gasteiger partial charge in [-0.3, -0.25) is 0 Å². The quantitative estimate of drug-likeness (QED) is 0.462. The van der Waals surface area contributed by atoms with Crippen LogP contribution < -0.4 is 0 Å². The number of benzene rings is 1. The van der Waals surface area contributed by atoms with Crippen LogP contribution >= 0.6 is 23.2 Å². The zero-order chi connectivity index (χ0) is 13.5. The monoisotopic (exact) mass is 284 g/mol. The molecule has 0 saturated carbocycles. The number of carbonyl (C=O) groups is 1. The smallest absolute Gasteiger partial charge is 0.330 e. The molecule has 0 N–H and O–H groups in total.